The Balaban J connectivity index is 1.43. The number of urea groups is 1. The van der Waals surface area contributed by atoms with Crippen LogP contribution in [0.4, 0.5) is 10.5 Å². The molecule has 0 saturated carbocycles. The zero-order valence-electron chi connectivity index (χ0n) is 14.4. The summed E-state index contributed by atoms with van der Waals surface area (Å²) in [6, 6.07) is 6.77. The van der Waals surface area contributed by atoms with Gasteiger partial charge in [-0.3, -0.25) is 4.79 Å². The lowest BCUT2D eigenvalue weighted by Crippen LogP contribution is -2.44. The largest absolute Gasteiger partial charge is 0.347 e. The highest BCUT2D eigenvalue weighted by atomic mass is 35.5. The summed E-state index contributed by atoms with van der Waals surface area (Å²) in [6.07, 6.45) is 1.23. The molecule has 1 aromatic heterocycles. The Hall–Kier alpha value is -2.61. The first-order valence-electron chi connectivity index (χ1n) is 8.39. The maximum Gasteiger partial charge on any atom is 0.321 e. The zero-order valence-corrected chi connectivity index (χ0v) is 15.1. The Morgan fingerprint density at radius 3 is 2.58 bits per heavy atom. The van der Waals surface area contributed by atoms with E-state index in [4.69, 9.17) is 16.1 Å². The number of piperidine rings is 1. The lowest BCUT2D eigenvalue weighted by Gasteiger charge is -2.31. The molecule has 3 amide bonds. The molecular formula is C17H20ClN5O3. The van der Waals surface area contributed by atoms with Crippen LogP contribution in [-0.2, 0) is 11.3 Å². The van der Waals surface area contributed by atoms with Crippen molar-refractivity contribution in [1.82, 2.24) is 20.4 Å². The van der Waals surface area contributed by atoms with E-state index in [1.165, 1.54) is 0 Å². The summed E-state index contributed by atoms with van der Waals surface area (Å²) >= 11 is 5.83. The van der Waals surface area contributed by atoms with Gasteiger partial charge in [-0.15, -0.1) is 0 Å². The molecule has 2 aromatic rings. The molecule has 138 valence electrons. The maximum absolute atomic E-state index is 12.3. The SMILES string of the molecule is Cc1noc(CNC(=O)C2CCN(C(=O)Nc3ccc(Cl)cc3)CC2)n1. The third-order valence-corrected chi connectivity index (χ3v) is 4.48. The van der Waals surface area contributed by atoms with Crippen LogP contribution in [0.2, 0.25) is 5.02 Å². The van der Waals surface area contributed by atoms with Gasteiger partial charge in [-0.2, -0.15) is 4.98 Å². The van der Waals surface area contributed by atoms with E-state index in [0.29, 0.717) is 48.4 Å². The van der Waals surface area contributed by atoms with Crippen LogP contribution >= 0.6 is 11.6 Å². The van der Waals surface area contributed by atoms with Gasteiger partial charge in [0.2, 0.25) is 11.8 Å². The highest BCUT2D eigenvalue weighted by Gasteiger charge is 2.27. The summed E-state index contributed by atoms with van der Waals surface area (Å²) in [5, 5.41) is 9.93. The van der Waals surface area contributed by atoms with Crippen molar-refractivity contribution in [3.05, 3.63) is 41.0 Å². The molecule has 1 aromatic carbocycles. The Morgan fingerprint density at radius 2 is 1.96 bits per heavy atom. The Labute approximate surface area is 155 Å². The normalized spacial score (nSPS) is 14.9. The molecule has 3 rings (SSSR count). The maximum atomic E-state index is 12.3. The number of aromatic nitrogens is 2. The molecule has 0 aliphatic carbocycles. The zero-order chi connectivity index (χ0) is 18.5. The van der Waals surface area contributed by atoms with Gasteiger partial charge in [0.1, 0.15) is 0 Å². The number of rotatable bonds is 4. The lowest BCUT2D eigenvalue weighted by atomic mass is 9.96. The average Bonchev–Trinajstić information content (AvgIpc) is 3.07. The number of aryl methyl sites for hydroxylation is 1. The molecular weight excluding hydrogens is 358 g/mol. The molecule has 1 aliphatic heterocycles. The molecule has 2 heterocycles. The van der Waals surface area contributed by atoms with Crippen LogP contribution in [0.25, 0.3) is 0 Å². The van der Waals surface area contributed by atoms with Crippen LogP contribution in [0.3, 0.4) is 0 Å². The molecule has 9 heteroatoms. The van der Waals surface area contributed by atoms with Crippen molar-refractivity contribution in [1.29, 1.82) is 0 Å². The number of hydrogen-bond donors (Lipinski definition) is 2. The predicted octanol–water partition coefficient (Wildman–Crippen LogP) is 2.59. The van der Waals surface area contributed by atoms with Crippen molar-refractivity contribution >= 4 is 29.2 Å². The number of hydrogen-bond acceptors (Lipinski definition) is 5. The van der Waals surface area contributed by atoms with Crippen molar-refractivity contribution < 1.29 is 14.1 Å². The van der Waals surface area contributed by atoms with Crippen molar-refractivity contribution in [2.75, 3.05) is 18.4 Å². The van der Waals surface area contributed by atoms with Gasteiger partial charge in [-0.25, -0.2) is 4.79 Å². The summed E-state index contributed by atoms with van der Waals surface area (Å²) < 4.78 is 4.97. The minimum Gasteiger partial charge on any atom is -0.347 e. The number of nitrogens with zero attached hydrogens (tertiary/aromatic N) is 3. The molecule has 2 N–H and O–H groups in total. The van der Waals surface area contributed by atoms with E-state index in [-0.39, 0.29) is 24.4 Å². The summed E-state index contributed by atoms with van der Waals surface area (Å²) in [4.78, 5) is 30.3. The molecule has 0 spiro atoms. The molecule has 0 unspecified atom stereocenters. The van der Waals surface area contributed by atoms with E-state index >= 15 is 0 Å². The van der Waals surface area contributed by atoms with E-state index in [2.05, 4.69) is 20.8 Å². The van der Waals surface area contributed by atoms with Crippen LogP contribution in [-0.4, -0.2) is 40.1 Å². The van der Waals surface area contributed by atoms with Crippen LogP contribution in [0.1, 0.15) is 24.6 Å². The van der Waals surface area contributed by atoms with Gasteiger partial charge in [0.25, 0.3) is 0 Å². The van der Waals surface area contributed by atoms with Crippen molar-refractivity contribution in [2.24, 2.45) is 5.92 Å². The Kier molecular flexibility index (Phi) is 5.72. The number of amides is 3. The van der Waals surface area contributed by atoms with E-state index in [1.807, 2.05) is 0 Å². The Bertz CT molecular complexity index is 769. The molecule has 8 nitrogen and oxygen atoms in total. The summed E-state index contributed by atoms with van der Waals surface area (Å²) in [5.74, 6) is 0.738. The predicted molar refractivity (Wildman–Crippen MR) is 95.6 cm³/mol. The van der Waals surface area contributed by atoms with Gasteiger partial charge in [0, 0.05) is 29.7 Å². The third-order valence-electron chi connectivity index (χ3n) is 4.23. The van der Waals surface area contributed by atoms with Crippen molar-refractivity contribution in [2.45, 2.75) is 26.3 Å². The lowest BCUT2D eigenvalue weighted by molar-refractivity contribution is -0.126. The average molecular weight is 378 g/mol. The molecule has 0 radical (unpaired) electrons. The van der Waals surface area contributed by atoms with Crippen molar-refractivity contribution in [3.63, 3.8) is 0 Å². The molecule has 1 fully saturated rings. The second-order valence-corrected chi connectivity index (χ2v) is 6.59. The van der Waals surface area contributed by atoms with Crippen LogP contribution in [0.5, 0.6) is 0 Å². The first kappa shape index (κ1) is 18.2. The van der Waals surface area contributed by atoms with Crippen LogP contribution in [0.15, 0.2) is 28.8 Å². The number of carbonyl (C=O) groups is 2. The Morgan fingerprint density at radius 1 is 1.27 bits per heavy atom. The summed E-state index contributed by atoms with van der Waals surface area (Å²) in [5.41, 5.74) is 0.689. The quantitative estimate of drug-likeness (QED) is 0.852. The first-order valence-corrected chi connectivity index (χ1v) is 8.77. The van der Waals surface area contributed by atoms with Crippen LogP contribution < -0.4 is 10.6 Å². The van der Waals surface area contributed by atoms with Gasteiger partial charge >= 0.3 is 6.03 Å². The topological polar surface area (TPSA) is 100 Å². The summed E-state index contributed by atoms with van der Waals surface area (Å²) in [7, 11) is 0. The summed E-state index contributed by atoms with van der Waals surface area (Å²) in [6.45, 7) is 2.99. The highest BCUT2D eigenvalue weighted by molar-refractivity contribution is 6.30. The number of carbonyl (C=O) groups excluding carboxylic acids is 2. The number of anilines is 1. The fourth-order valence-electron chi connectivity index (χ4n) is 2.80. The second-order valence-electron chi connectivity index (χ2n) is 6.15. The van der Waals surface area contributed by atoms with Crippen LogP contribution in [0, 0.1) is 12.8 Å². The fraction of sp³-hybridized carbons (Fsp3) is 0.412. The van der Waals surface area contributed by atoms with Gasteiger partial charge < -0.3 is 20.1 Å². The molecule has 0 bridgehead atoms. The number of nitrogens with one attached hydrogen (secondary N) is 2. The molecule has 1 aliphatic rings. The molecule has 1 saturated heterocycles. The second kappa shape index (κ2) is 8.18. The minimum absolute atomic E-state index is 0.0568. The monoisotopic (exact) mass is 377 g/mol. The minimum atomic E-state index is -0.174. The van der Waals surface area contributed by atoms with E-state index < -0.39 is 0 Å². The van der Waals surface area contributed by atoms with Gasteiger partial charge in [0.05, 0.1) is 6.54 Å². The smallest absolute Gasteiger partial charge is 0.321 e. The molecule has 0 atom stereocenters. The van der Waals surface area contributed by atoms with Gasteiger partial charge in [-0.05, 0) is 44.0 Å². The van der Waals surface area contributed by atoms with Gasteiger partial charge in [0.15, 0.2) is 5.82 Å². The van der Waals surface area contributed by atoms with Gasteiger partial charge in [-0.1, -0.05) is 16.8 Å². The first-order chi connectivity index (χ1) is 12.5. The third kappa shape index (κ3) is 4.72. The highest BCUT2D eigenvalue weighted by Crippen LogP contribution is 2.19. The fourth-order valence-corrected chi connectivity index (χ4v) is 2.93. The van der Waals surface area contributed by atoms with Crippen molar-refractivity contribution in [3.8, 4) is 0 Å². The standard InChI is InChI=1S/C17H20ClN5O3/c1-11-20-15(26-22-11)10-19-16(24)12-6-8-23(9-7-12)17(25)21-14-4-2-13(18)3-5-14/h2-5,12H,6-10H2,1H3,(H,19,24)(H,21,25). The number of halogens is 1. The van der Waals surface area contributed by atoms with E-state index in [0.717, 1.165) is 0 Å². The number of likely N-dealkylation sites (tertiary alicyclic amines) is 1. The molecule has 26 heavy (non-hydrogen) atoms. The van der Waals surface area contributed by atoms with E-state index in [9.17, 15) is 9.59 Å². The van der Waals surface area contributed by atoms with E-state index in [1.54, 1.807) is 36.1 Å². The number of benzene rings is 1.